The lowest BCUT2D eigenvalue weighted by Gasteiger charge is -2.22. The van der Waals surface area contributed by atoms with E-state index in [2.05, 4.69) is 42.9 Å². The fourth-order valence-corrected chi connectivity index (χ4v) is 1.70. The van der Waals surface area contributed by atoms with Crippen LogP contribution in [0, 0.1) is 0 Å². The van der Waals surface area contributed by atoms with Gasteiger partial charge in [-0.25, -0.2) is 0 Å². The van der Waals surface area contributed by atoms with E-state index >= 15 is 0 Å². The molecule has 0 saturated carbocycles. The van der Waals surface area contributed by atoms with Gasteiger partial charge in [0.15, 0.2) is 0 Å². The second kappa shape index (κ2) is 11.9. The first-order valence-corrected chi connectivity index (χ1v) is 7.21. The van der Waals surface area contributed by atoms with Crippen molar-refractivity contribution in [3.05, 3.63) is 0 Å². The van der Waals surface area contributed by atoms with Gasteiger partial charge in [0, 0.05) is 13.1 Å². The van der Waals surface area contributed by atoms with Crippen molar-refractivity contribution in [2.24, 2.45) is 4.99 Å². The lowest BCUT2D eigenvalue weighted by molar-refractivity contribution is 0.271. The first-order valence-electron chi connectivity index (χ1n) is 7.21. The lowest BCUT2D eigenvalue weighted by atomic mass is 10.2. The van der Waals surface area contributed by atoms with Gasteiger partial charge < -0.3 is 10.2 Å². The minimum absolute atomic E-state index is 0.390. The Morgan fingerprint density at radius 3 is 2.47 bits per heavy atom. The molecule has 1 N–H and O–H groups in total. The zero-order chi connectivity index (χ0) is 12.9. The number of hydrogen-bond donors (Lipinski definition) is 1. The Hall–Kier alpha value is -0.570. The fraction of sp³-hybridized carbons (Fsp3) is 0.929. The van der Waals surface area contributed by atoms with Crippen LogP contribution in [0.2, 0.25) is 0 Å². The molecule has 1 atom stereocenters. The average molecular weight is 241 g/mol. The van der Waals surface area contributed by atoms with Crippen LogP contribution in [-0.2, 0) is 0 Å². The largest absolute Gasteiger partial charge is 0.376 e. The number of aliphatic imine (C=N–C) groups is 1. The summed E-state index contributed by atoms with van der Waals surface area (Å²) in [7, 11) is 0. The molecule has 3 nitrogen and oxygen atoms in total. The minimum Gasteiger partial charge on any atom is -0.376 e. The first kappa shape index (κ1) is 16.4. The highest BCUT2D eigenvalue weighted by atomic mass is 15.1. The summed E-state index contributed by atoms with van der Waals surface area (Å²) in [5.41, 5.74) is 0. The van der Waals surface area contributed by atoms with E-state index in [1.165, 1.54) is 32.2 Å². The second-order valence-corrected chi connectivity index (χ2v) is 4.68. The van der Waals surface area contributed by atoms with Crippen LogP contribution in [-0.4, -0.2) is 43.5 Å². The summed E-state index contributed by atoms with van der Waals surface area (Å²) in [5, 5.41) is 3.24. The molecule has 0 aliphatic rings. The van der Waals surface area contributed by atoms with Crippen LogP contribution >= 0.6 is 0 Å². The van der Waals surface area contributed by atoms with Gasteiger partial charge in [0.2, 0.25) is 0 Å². The Balaban J connectivity index is 3.69. The lowest BCUT2D eigenvalue weighted by Crippen LogP contribution is -2.31. The third-order valence-corrected chi connectivity index (χ3v) is 2.89. The van der Waals surface area contributed by atoms with Gasteiger partial charge in [-0.3, -0.25) is 4.99 Å². The number of unbranched alkanes of at least 4 members (excludes halogenated alkanes) is 2. The third kappa shape index (κ3) is 10.3. The van der Waals surface area contributed by atoms with Crippen molar-refractivity contribution in [2.75, 3.05) is 26.2 Å². The summed E-state index contributed by atoms with van der Waals surface area (Å²) in [6.07, 6.45) is 6.90. The molecule has 0 aliphatic carbocycles. The average Bonchev–Trinajstić information content (AvgIpc) is 2.34. The van der Waals surface area contributed by atoms with E-state index in [4.69, 9.17) is 0 Å². The number of likely N-dealkylation sites (N-methyl/N-ethyl adjacent to an activating group) is 1. The van der Waals surface area contributed by atoms with E-state index in [-0.39, 0.29) is 0 Å². The maximum absolute atomic E-state index is 4.51. The van der Waals surface area contributed by atoms with Gasteiger partial charge in [-0.2, -0.15) is 0 Å². The predicted molar refractivity (Wildman–Crippen MR) is 77.9 cm³/mol. The van der Waals surface area contributed by atoms with Gasteiger partial charge in [0.25, 0.3) is 0 Å². The predicted octanol–water partition coefficient (Wildman–Crippen LogP) is 2.91. The molecule has 0 aromatic carbocycles. The molecule has 17 heavy (non-hydrogen) atoms. The van der Waals surface area contributed by atoms with Crippen molar-refractivity contribution < 1.29 is 0 Å². The highest BCUT2D eigenvalue weighted by Crippen LogP contribution is 1.99. The molecule has 0 fully saturated rings. The topological polar surface area (TPSA) is 27.6 Å². The second-order valence-electron chi connectivity index (χ2n) is 4.68. The quantitative estimate of drug-likeness (QED) is 0.342. The molecule has 0 aromatic heterocycles. The molecule has 0 saturated heterocycles. The van der Waals surface area contributed by atoms with Crippen molar-refractivity contribution in [3.63, 3.8) is 0 Å². The Bertz CT molecular complexity index is 180. The standard InChI is InChI=1S/C14H31N3/c1-5-8-10-15-13-16-14(4)12-17(7-3)11-9-6-2/h13-14H,5-12H2,1-4H3,(H,15,16). The van der Waals surface area contributed by atoms with Crippen LogP contribution in [0.3, 0.4) is 0 Å². The minimum atomic E-state index is 0.390. The molecule has 1 unspecified atom stereocenters. The maximum Gasteiger partial charge on any atom is 0.0827 e. The molecular formula is C14H31N3. The Morgan fingerprint density at radius 2 is 1.88 bits per heavy atom. The highest BCUT2D eigenvalue weighted by molar-refractivity contribution is 5.54. The van der Waals surface area contributed by atoms with Crippen LogP contribution in [0.15, 0.2) is 4.99 Å². The number of hydrogen-bond acceptors (Lipinski definition) is 2. The van der Waals surface area contributed by atoms with Crippen LogP contribution in [0.25, 0.3) is 0 Å². The monoisotopic (exact) mass is 241 g/mol. The van der Waals surface area contributed by atoms with Gasteiger partial charge in [0.1, 0.15) is 0 Å². The molecule has 0 rings (SSSR count). The first-order chi connectivity index (χ1) is 8.24. The summed E-state index contributed by atoms with van der Waals surface area (Å²) in [4.78, 5) is 7.00. The Morgan fingerprint density at radius 1 is 1.18 bits per heavy atom. The zero-order valence-electron chi connectivity index (χ0n) is 12.2. The zero-order valence-corrected chi connectivity index (χ0v) is 12.2. The third-order valence-electron chi connectivity index (χ3n) is 2.89. The number of nitrogens with one attached hydrogen (secondary N) is 1. The molecule has 0 aromatic rings. The van der Waals surface area contributed by atoms with Crippen molar-refractivity contribution >= 4 is 6.34 Å². The molecule has 0 spiro atoms. The SMILES string of the molecule is CCCCN/C=N/C(C)CN(CC)CCCC. The van der Waals surface area contributed by atoms with E-state index < -0.39 is 0 Å². The van der Waals surface area contributed by atoms with Crippen LogP contribution in [0.4, 0.5) is 0 Å². The van der Waals surface area contributed by atoms with Gasteiger partial charge in [-0.15, -0.1) is 0 Å². The summed E-state index contributed by atoms with van der Waals surface area (Å²) in [6, 6.07) is 0.390. The van der Waals surface area contributed by atoms with Crippen LogP contribution < -0.4 is 5.32 Å². The van der Waals surface area contributed by atoms with E-state index in [1.54, 1.807) is 0 Å². The van der Waals surface area contributed by atoms with Gasteiger partial charge in [-0.05, 0) is 32.9 Å². The van der Waals surface area contributed by atoms with E-state index in [1.807, 2.05) is 6.34 Å². The molecule has 0 bridgehead atoms. The molecule has 0 radical (unpaired) electrons. The normalized spacial score (nSPS) is 13.5. The van der Waals surface area contributed by atoms with Crippen LogP contribution in [0.5, 0.6) is 0 Å². The number of nitrogens with zero attached hydrogens (tertiary/aromatic N) is 2. The van der Waals surface area contributed by atoms with Crippen molar-refractivity contribution in [1.29, 1.82) is 0 Å². The van der Waals surface area contributed by atoms with Crippen molar-refractivity contribution in [3.8, 4) is 0 Å². The molecule has 102 valence electrons. The Kier molecular flexibility index (Phi) is 11.5. The van der Waals surface area contributed by atoms with Gasteiger partial charge >= 0.3 is 0 Å². The molecule has 0 aliphatic heterocycles. The van der Waals surface area contributed by atoms with Gasteiger partial charge in [0.05, 0.1) is 12.4 Å². The smallest absolute Gasteiger partial charge is 0.0827 e. The van der Waals surface area contributed by atoms with E-state index in [0.29, 0.717) is 6.04 Å². The fourth-order valence-electron chi connectivity index (χ4n) is 1.70. The van der Waals surface area contributed by atoms with Crippen molar-refractivity contribution in [2.45, 2.75) is 59.4 Å². The summed E-state index contributed by atoms with van der Waals surface area (Å²) in [6.45, 7) is 13.3. The summed E-state index contributed by atoms with van der Waals surface area (Å²) >= 11 is 0. The summed E-state index contributed by atoms with van der Waals surface area (Å²) < 4.78 is 0. The van der Waals surface area contributed by atoms with Crippen molar-refractivity contribution in [1.82, 2.24) is 10.2 Å². The molecule has 3 heteroatoms. The Labute approximate surface area is 108 Å². The van der Waals surface area contributed by atoms with Crippen LogP contribution in [0.1, 0.15) is 53.4 Å². The molecular weight excluding hydrogens is 210 g/mol. The van der Waals surface area contributed by atoms with E-state index in [9.17, 15) is 0 Å². The van der Waals surface area contributed by atoms with E-state index in [0.717, 1.165) is 19.6 Å². The molecule has 0 heterocycles. The maximum atomic E-state index is 4.51. The summed E-state index contributed by atoms with van der Waals surface area (Å²) in [5.74, 6) is 0. The number of rotatable bonds is 11. The molecule has 0 amide bonds. The highest BCUT2D eigenvalue weighted by Gasteiger charge is 2.05. The van der Waals surface area contributed by atoms with Gasteiger partial charge in [-0.1, -0.05) is 33.6 Å².